The van der Waals surface area contributed by atoms with Crippen molar-refractivity contribution in [1.29, 1.82) is 0 Å². The van der Waals surface area contributed by atoms with Crippen molar-refractivity contribution in [2.45, 2.75) is 45.3 Å². The van der Waals surface area contributed by atoms with Crippen LogP contribution in [0.15, 0.2) is 27.8 Å². The first-order valence-electron chi connectivity index (χ1n) is 10.1. The molecule has 8 heteroatoms. The predicted molar refractivity (Wildman–Crippen MR) is 121 cm³/mol. The fourth-order valence-electron chi connectivity index (χ4n) is 3.03. The molecular formula is C20H36IN3O4. The van der Waals surface area contributed by atoms with Crippen LogP contribution in [0.3, 0.4) is 0 Å². The molecule has 0 spiro atoms. The van der Waals surface area contributed by atoms with Gasteiger partial charge in [0.15, 0.2) is 5.96 Å². The van der Waals surface area contributed by atoms with Gasteiger partial charge in [-0.3, -0.25) is 4.99 Å². The number of piperidine rings is 1. The van der Waals surface area contributed by atoms with Crippen molar-refractivity contribution in [3.05, 3.63) is 24.2 Å². The summed E-state index contributed by atoms with van der Waals surface area (Å²) < 4.78 is 21.9. The Hall–Kier alpha value is -0.840. The number of aliphatic imine (C=N–C) groups is 1. The number of guanidine groups is 1. The standard InChI is InChI=1S/C20H35N3O4.HI/c1-3-21-20(22-10-5-14-25-17-19-7-4-15-27-19)23-11-8-18(9-12-23)26-16-6-13-24-2;/h4,7,15,18H,3,5-6,8-14,16-17H2,1-2H3,(H,21,22);1H. The van der Waals surface area contributed by atoms with Crippen molar-refractivity contribution in [1.82, 2.24) is 10.2 Å². The number of hydrogen-bond acceptors (Lipinski definition) is 5. The lowest BCUT2D eigenvalue weighted by atomic mass is 10.1. The second-order valence-corrected chi connectivity index (χ2v) is 6.62. The summed E-state index contributed by atoms with van der Waals surface area (Å²) in [7, 11) is 1.73. The van der Waals surface area contributed by atoms with Gasteiger partial charge in [-0.1, -0.05) is 0 Å². The first-order chi connectivity index (χ1) is 13.3. The molecule has 0 saturated carbocycles. The van der Waals surface area contributed by atoms with Gasteiger partial charge in [0.25, 0.3) is 0 Å². The van der Waals surface area contributed by atoms with Gasteiger partial charge in [0.1, 0.15) is 12.4 Å². The van der Waals surface area contributed by atoms with Crippen molar-refractivity contribution in [3.8, 4) is 0 Å². The molecule has 0 aliphatic carbocycles. The van der Waals surface area contributed by atoms with E-state index in [0.717, 1.165) is 76.8 Å². The van der Waals surface area contributed by atoms with E-state index in [0.29, 0.717) is 19.3 Å². The van der Waals surface area contributed by atoms with E-state index in [2.05, 4.69) is 17.1 Å². The molecule has 7 nitrogen and oxygen atoms in total. The molecule has 1 aromatic rings. The Morgan fingerprint density at radius 1 is 1.25 bits per heavy atom. The Bertz CT molecular complexity index is 506. The average molecular weight is 509 g/mol. The summed E-state index contributed by atoms with van der Waals surface area (Å²) in [5.74, 6) is 1.86. The summed E-state index contributed by atoms with van der Waals surface area (Å²) in [6.45, 7) is 8.45. The largest absolute Gasteiger partial charge is 0.467 e. The molecule has 1 fully saturated rings. The van der Waals surface area contributed by atoms with E-state index in [4.69, 9.17) is 23.6 Å². The SMILES string of the molecule is CCNC(=NCCCOCc1ccco1)N1CCC(OCCCOC)CC1.I. The van der Waals surface area contributed by atoms with E-state index >= 15 is 0 Å². The van der Waals surface area contributed by atoms with Gasteiger partial charge in [0, 0.05) is 53.1 Å². The van der Waals surface area contributed by atoms with Crippen LogP contribution in [-0.2, 0) is 20.8 Å². The average Bonchev–Trinajstić information content (AvgIpc) is 3.21. The third-order valence-electron chi connectivity index (χ3n) is 4.46. The third-order valence-corrected chi connectivity index (χ3v) is 4.46. The Balaban J connectivity index is 0.00000392. The molecular weight excluding hydrogens is 473 g/mol. The minimum absolute atomic E-state index is 0. The molecule has 2 heterocycles. The molecule has 162 valence electrons. The Morgan fingerprint density at radius 3 is 2.75 bits per heavy atom. The second-order valence-electron chi connectivity index (χ2n) is 6.62. The number of rotatable bonds is 12. The topological polar surface area (TPSA) is 68.5 Å². The molecule has 28 heavy (non-hydrogen) atoms. The first kappa shape index (κ1) is 25.2. The number of nitrogens with zero attached hydrogens (tertiary/aromatic N) is 2. The quantitative estimate of drug-likeness (QED) is 0.202. The highest BCUT2D eigenvalue weighted by Crippen LogP contribution is 2.14. The fourth-order valence-corrected chi connectivity index (χ4v) is 3.03. The molecule has 1 N–H and O–H groups in total. The first-order valence-corrected chi connectivity index (χ1v) is 10.1. The van der Waals surface area contributed by atoms with Crippen LogP contribution in [0, 0.1) is 0 Å². The minimum atomic E-state index is 0. The van der Waals surface area contributed by atoms with Gasteiger partial charge in [-0.05, 0) is 44.7 Å². The zero-order valence-electron chi connectivity index (χ0n) is 17.2. The highest BCUT2D eigenvalue weighted by Gasteiger charge is 2.21. The summed E-state index contributed by atoms with van der Waals surface area (Å²) >= 11 is 0. The van der Waals surface area contributed by atoms with Crippen molar-refractivity contribution >= 4 is 29.9 Å². The van der Waals surface area contributed by atoms with Gasteiger partial charge in [-0.25, -0.2) is 0 Å². The number of ether oxygens (including phenoxy) is 3. The second kappa shape index (κ2) is 16.0. The Kier molecular flexibility index (Phi) is 14.4. The molecule has 1 saturated heterocycles. The van der Waals surface area contributed by atoms with Crippen molar-refractivity contribution in [2.24, 2.45) is 4.99 Å². The van der Waals surface area contributed by atoms with Crippen molar-refractivity contribution in [3.63, 3.8) is 0 Å². The van der Waals surface area contributed by atoms with E-state index in [1.165, 1.54) is 0 Å². The highest BCUT2D eigenvalue weighted by atomic mass is 127. The third kappa shape index (κ3) is 10.1. The number of hydrogen-bond donors (Lipinski definition) is 1. The normalized spacial score (nSPS) is 15.5. The lowest BCUT2D eigenvalue weighted by molar-refractivity contribution is 0.00990. The molecule has 0 radical (unpaired) electrons. The van der Waals surface area contributed by atoms with Crippen LogP contribution in [0.1, 0.15) is 38.4 Å². The fraction of sp³-hybridized carbons (Fsp3) is 0.750. The van der Waals surface area contributed by atoms with Crippen molar-refractivity contribution in [2.75, 3.05) is 53.1 Å². The molecule has 0 atom stereocenters. The van der Waals surface area contributed by atoms with Gasteiger partial charge < -0.3 is 28.8 Å². The summed E-state index contributed by atoms with van der Waals surface area (Å²) in [6, 6.07) is 3.80. The number of likely N-dealkylation sites (tertiary alicyclic amines) is 1. The van der Waals surface area contributed by atoms with E-state index in [1.54, 1.807) is 13.4 Å². The lowest BCUT2D eigenvalue weighted by Crippen LogP contribution is -2.47. The summed E-state index contributed by atoms with van der Waals surface area (Å²) in [5.41, 5.74) is 0. The van der Waals surface area contributed by atoms with E-state index < -0.39 is 0 Å². The Labute approximate surface area is 186 Å². The van der Waals surface area contributed by atoms with Crippen LogP contribution in [-0.4, -0.2) is 70.1 Å². The summed E-state index contributed by atoms with van der Waals surface area (Å²) in [4.78, 5) is 7.09. The van der Waals surface area contributed by atoms with Crippen LogP contribution >= 0.6 is 24.0 Å². The molecule has 1 aliphatic rings. The Morgan fingerprint density at radius 2 is 2.07 bits per heavy atom. The van der Waals surface area contributed by atoms with Gasteiger partial charge in [-0.15, -0.1) is 24.0 Å². The number of methoxy groups -OCH3 is 1. The predicted octanol–water partition coefficient (Wildman–Crippen LogP) is 3.29. The molecule has 1 aromatic heterocycles. The summed E-state index contributed by atoms with van der Waals surface area (Å²) in [6.07, 6.45) is 5.97. The van der Waals surface area contributed by atoms with E-state index in [9.17, 15) is 0 Å². The lowest BCUT2D eigenvalue weighted by Gasteiger charge is -2.34. The van der Waals surface area contributed by atoms with Gasteiger partial charge >= 0.3 is 0 Å². The highest BCUT2D eigenvalue weighted by molar-refractivity contribution is 14.0. The molecule has 0 aromatic carbocycles. The van der Waals surface area contributed by atoms with Crippen LogP contribution in [0.5, 0.6) is 0 Å². The van der Waals surface area contributed by atoms with Crippen LogP contribution in [0.4, 0.5) is 0 Å². The van der Waals surface area contributed by atoms with Crippen molar-refractivity contribution < 1.29 is 18.6 Å². The molecule has 0 unspecified atom stereocenters. The number of halogens is 1. The van der Waals surface area contributed by atoms with Gasteiger partial charge in [0.05, 0.1) is 12.4 Å². The molecule has 0 bridgehead atoms. The van der Waals surface area contributed by atoms with E-state index in [1.807, 2.05) is 12.1 Å². The number of nitrogens with one attached hydrogen (secondary N) is 1. The molecule has 1 aliphatic heterocycles. The van der Waals surface area contributed by atoms with Gasteiger partial charge in [-0.2, -0.15) is 0 Å². The minimum Gasteiger partial charge on any atom is -0.467 e. The molecule has 0 amide bonds. The monoisotopic (exact) mass is 509 g/mol. The maximum Gasteiger partial charge on any atom is 0.193 e. The number of furan rings is 1. The van der Waals surface area contributed by atoms with Gasteiger partial charge in [0.2, 0.25) is 0 Å². The zero-order chi connectivity index (χ0) is 19.2. The maximum atomic E-state index is 5.94. The molecule has 2 rings (SSSR count). The van der Waals surface area contributed by atoms with Crippen LogP contribution < -0.4 is 5.32 Å². The van der Waals surface area contributed by atoms with E-state index in [-0.39, 0.29) is 24.0 Å². The van der Waals surface area contributed by atoms with Crippen LogP contribution in [0.25, 0.3) is 0 Å². The smallest absolute Gasteiger partial charge is 0.193 e. The van der Waals surface area contributed by atoms with Crippen LogP contribution in [0.2, 0.25) is 0 Å². The zero-order valence-corrected chi connectivity index (χ0v) is 19.6. The maximum absolute atomic E-state index is 5.94. The summed E-state index contributed by atoms with van der Waals surface area (Å²) in [5, 5.41) is 3.40.